The lowest BCUT2D eigenvalue weighted by Gasteiger charge is -2.15. The van der Waals surface area contributed by atoms with Gasteiger partial charge in [-0.15, -0.1) is 24.0 Å². The van der Waals surface area contributed by atoms with E-state index in [1.165, 1.54) is 6.26 Å². The summed E-state index contributed by atoms with van der Waals surface area (Å²) in [6.07, 6.45) is 1.19. The first-order valence-electron chi connectivity index (χ1n) is 6.39. The standard InChI is InChI=1S/C13H19N3O3S.HI/c1-16-9-7-14-13(16)15-8-10-19-11-3-5-12(6-4-11)20(2,17)18;/h3-6H,7-10H2,1-2H3,(H,14,15);1H. The van der Waals surface area contributed by atoms with Crippen molar-refractivity contribution in [2.45, 2.75) is 4.90 Å². The maximum Gasteiger partial charge on any atom is 0.193 e. The highest BCUT2D eigenvalue weighted by atomic mass is 127. The summed E-state index contributed by atoms with van der Waals surface area (Å²) in [5.74, 6) is 1.54. The first-order valence-corrected chi connectivity index (χ1v) is 8.28. The Kier molecular flexibility index (Phi) is 6.72. The van der Waals surface area contributed by atoms with Gasteiger partial charge >= 0.3 is 0 Å². The van der Waals surface area contributed by atoms with Crippen molar-refractivity contribution in [3.63, 3.8) is 0 Å². The molecule has 0 bridgehead atoms. The van der Waals surface area contributed by atoms with Gasteiger partial charge in [0.15, 0.2) is 15.8 Å². The van der Waals surface area contributed by atoms with Gasteiger partial charge in [-0.05, 0) is 24.3 Å². The molecule has 0 spiro atoms. The average molecular weight is 425 g/mol. The molecule has 0 unspecified atom stereocenters. The van der Waals surface area contributed by atoms with Crippen LogP contribution in [0, 0.1) is 0 Å². The zero-order valence-corrected chi connectivity index (χ0v) is 15.2. The maximum atomic E-state index is 11.3. The Hall–Kier alpha value is -1.03. The number of benzene rings is 1. The van der Waals surface area contributed by atoms with E-state index in [0.29, 0.717) is 23.8 Å². The summed E-state index contributed by atoms with van der Waals surface area (Å²) in [6, 6.07) is 6.42. The lowest BCUT2D eigenvalue weighted by molar-refractivity contribution is 0.320. The van der Waals surface area contributed by atoms with Crippen LogP contribution in [0.5, 0.6) is 5.75 Å². The van der Waals surface area contributed by atoms with Crippen LogP contribution in [0.15, 0.2) is 34.2 Å². The van der Waals surface area contributed by atoms with E-state index in [0.717, 1.165) is 19.0 Å². The van der Waals surface area contributed by atoms with Crippen LogP contribution in [-0.4, -0.2) is 58.8 Å². The third kappa shape index (κ3) is 5.34. The Bertz CT molecular complexity index is 587. The van der Waals surface area contributed by atoms with Gasteiger partial charge in [0.05, 0.1) is 18.0 Å². The minimum absolute atomic E-state index is 0. The van der Waals surface area contributed by atoms with Gasteiger partial charge in [0.2, 0.25) is 0 Å². The van der Waals surface area contributed by atoms with Gasteiger partial charge in [-0.2, -0.15) is 0 Å². The van der Waals surface area contributed by atoms with Gasteiger partial charge < -0.3 is 15.0 Å². The van der Waals surface area contributed by atoms with Crippen LogP contribution in [0.4, 0.5) is 0 Å². The number of likely N-dealkylation sites (N-methyl/N-ethyl adjacent to an activating group) is 1. The second kappa shape index (κ2) is 7.83. The van der Waals surface area contributed by atoms with Crippen molar-refractivity contribution < 1.29 is 13.2 Å². The molecule has 1 aliphatic rings. The van der Waals surface area contributed by atoms with Gasteiger partial charge in [0.25, 0.3) is 0 Å². The average Bonchev–Trinajstić information content (AvgIpc) is 2.80. The number of sulfone groups is 1. The summed E-state index contributed by atoms with van der Waals surface area (Å²) in [5.41, 5.74) is 0. The number of nitrogens with zero attached hydrogens (tertiary/aromatic N) is 2. The van der Waals surface area contributed by atoms with E-state index in [-0.39, 0.29) is 24.0 Å². The topological polar surface area (TPSA) is 71.0 Å². The zero-order chi connectivity index (χ0) is 14.6. The molecular formula is C13H20IN3O3S. The Morgan fingerprint density at radius 2 is 2.00 bits per heavy atom. The number of rotatable bonds is 5. The molecule has 1 heterocycles. The van der Waals surface area contributed by atoms with E-state index in [1.807, 2.05) is 7.05 Å². The van der Waals surface area contributed by atoms with Crippen molar-refractivity contribution >= 4 is 39.8 Å². The number of ether oxygens (including phenoxy) is 1. The van der Waals surface area contributed by atoms with Crippen LogP contribution in [0.25, 0.3) is 0 Å². The fourth-order valence-corrected chi connectivity index (χ4v) is 2.47. The molecule has 0 fully saturated rings. The van der Waals surface area contributed by atoms with Crippen molar-refractivity contribution in [3.8, 4) is 5.75 Å². The molecule has 6 nitrogen and oxygen atoms in total. The van der Waals surface area contributed by atoms with E-state index >= 15 is 0 Å². The number of guanidine groups is 1. The summed E-state index contributed by atoms with van der Waals surface area (Å²) in [4.78, 5) is 6.66. The lowest BCUT2D eigenvalue weighted by atomic mass is 10.3. The Morgan fingerprint density at radius 1 is 1.33 bits per heavy atom. The molecule has 0 amide bonds. The normalized spacial score (nSPS) is 14.4. The summed E-state index contributed by atoms with van der Waals surface area (Å²) < 4.78 is 28.2. The molecule has 21 heavy (non-hydrogen) atoms. The molecule has 0 radical (unpaired) electrons. The summed E-state index contributed by atoms with van der Waals surface area (Å²) in [5, 5.41) is 3.19. The smallest absolute Gasteiger partial charge is 0.193 e. The van der Waals surface area contributed by atoms with E-state index in [9.17, 15) is 8.42 Å². The third-order valence-electron chi connectivity index (χ3n) is 2.96. The van der Waals surface area contributed by atoms with E-state index in [4.69, 9.17) is 4.74 Å². The van der Waals surface area contributed by atoms with Crippen LogP contribution in [0.2, 0.25) is 0 Å². The highest BCUT2D eigenvalue weighted by molar-refractivity contribution is 14.0. The van der Waals surface area contributed by atoms with Gasteiger partial charge in [0.1, 0.15) is 12.4 Å². The second-order valence-corrected chi connectivity index (χ2v) is 6.66. The first kappa shape index (κ1) is 18.0. The van der Waals surface area contributed by atoms with Gasteiger partial charge in [-0.25, -0.2) is 8.42 Å². The predicted octanol–water partition coefficient (Wildman–Crippen LogP) is 0.978. The number of hydrogen-bond donors (Lipinski definition) is 1. The molecule has 0 saturated heterocycles. The Morgan fingerprint density at radius 3 is 2.52 bits per heavy atom. The Balaban J connectivity index is 0.00000220. The molecule has 1 aromatic rings. The van der Waals surface area contributed by atoms with Crippen molar-refractivity contribution in [3.05, 3.63) is 24.3 Å². The maximum absolute atomic E-state index is 11.3. The molecule has 118 valence electrons. The van der Waals surface area contributed by atoms with Crippen molar-refractivity contribution in [1.82, 2.24) is 10.2 Å². The monoisotopic (exact) mass is 425 g/mol. The van der Waals surface area contributed by atoms with Gasteiger partial charge in [-0.3, -0.25) is 4.99 Å². The van der Waals surface area contributed by atoms with Gasteiger partial charge in [-0.1, -0.05) is 0 Å². The summed E-state index contributed by atoms with van der Waals surface area (Å²) in [7, 11) is -1.16. The van der Waals surface area contributed by atoms with E-state index in [1.54, 1.807) is 24.3 Å². The van der Waals surface area contributed by atoms with Crippen molar-refractivity contribution in [1.29, 1.82) is 0 Å². The second-order valence-electron chi connectivity index (χ2n) is 4.65. The van der Waals surface area contributed by atoms with Crippen LogP contribution in [0.3, 0.4) is 0 Å². The lowest BCUT2D eigenvalue weighted by Crippen LogP contribution is -2.37. The van der Waals surface area contributed by atoms with E-state index in [2.05, 4.69) is 15.2 Å². The van der Waals surface area contributed by atoms with Crippen molar-refractivity contribution in [2.24, 2.45) is 4.99 Å². The van der Waals surface area contributed by atoms with Crippen molar-refractivity contribution in [2.75, 3.05) is 39.5 Å². The molecule has 0 aliphatic carbocycles. The molecule has 2 rings (SSSR count). The highest BCUT2D eigenvalue weighted by Gasteiger charge is 2.11. The molecule has 0 saturated carbocycles. The minimum Gasteiger partial charge on any atom is -0.492 e. The van der Waals surface area contributed by atoms with Crippen LogP contribution in [0.1, 0.15) is 0 Å². The number of nitrogens with one attached hydrogen (secondary N) is 1. The molecule has 1 N–H and O–H groups in total. The largest absolute Gasteiger partial charge is 0.492 e. The molecule has 8 heteroatoms. The SMILES string of the molecule is CN1CCN=C1NCCOc1ccc(S(C)(=O)=O)cc1.I. The van der Waals surface area contributed by atoms with Crippen LogP contribution >= 0.6 is 24.0 Å². The molecule has 0 atom stereocenters. The Labute approximate surface area is 142 Å². The number of aliphatic imine (C=N–C) groups is 1. The molecule has 1 aliphatic heterocycles. The number of hydrogen-bond acceptors (Lipinski definition) is 6. The molecule has 0 aromatic heterocycles. The number of halogens is 1. The van der Waals surface area contributed by atoms with Crippen LogP contribution in [-0.2, 0) is 9.84 Å². The fraction of sp³-hybridized carbons (Fsp3) is 0.462. The molecule has 1 aromatic carbocycles. The van der Waals surface area contributed by atoms with E-state index < -0.39 is 9.84 Å². The van der Waals surface area contributed by atoms with Crippen LogP contribution < -0.4 is 10.1 Å². The quantitative estimate of drug-likeness (QED) is 0.563. The highest BCUT2D eigenvalue weighted by Crippen LogP contribution is 2.15. The summed E-state index contributed by atoms with van der Waals surface area (Å²) in [6.45, 7) is 2.91. The summed E-state index contributed by atoms with van der Waals surface area (Å²) >= 11 is 0. The molecular weight excluding hydrogens is 405 g/mol. The fourth-order valence-electron chi connectivity index (χ4n) is 1.84. The van der Waals surface area contributed by atoms with Gasteiger partial charge in [0, 0.05) is 19.8 Å². The predicted molar refractivity (Wildman–Crippen MR) is 93.4 cm³/mol. The zero-order valence-electron chi connectivity index (χ0n) is 12.1. The first-order chi connectivity index (χ1) is 9.47. The minimum atomic E-state index is -3.15. The third-order valence-corrected chi connectivity index (χ3v) is 4.09.